The molecule has 0 saturated heterocycles. The molecule has 0 radical (unpaired) electrons. The van der Waals surface area contributed by atoms with Crippen molar-refractivity contribution in [2.75, 3.05) is 30.5 Å². The van der Waals surface area contributed by atoms with Gasteiger partial charge >= 0.3 is 0 Å². The quantitative estimate of drug-likeness (QED) is 0.888. The fraction of sp³-hybridized carbons (Fsp3) is 0.600. The summed E-state index contributed by atoms with van der Waals surface area (Å²) in [5.74, 6) is 1.72. The van der Waals surface area contributed by atoms with E-state index in [0.29, 0.717) is 4.75 Å². The Morgan fingerprint density at radius 3 is 2.86 bits per heavy atom. The lowest BCUT2D eigenvalue weighted by molar-refractivity contribution is 0.411. The fourth-order valence-electron chi connectivity index (χ4n) is 3.06. The maximum Gasteiger partial charge on any atom is 0.180 e. The van der Waals surface area contributed by atoms with Crippen LogP contribution in [0.1, 0.15) is 32.1 Å². The Hall–Kier alpha value is -1.43. The largest absolute Gasteiger partial charge is 0.372 e. The molecule has 0 unspecified atom stereocenters. The molecule has 0 spiro atoms. The molecule has 5 nitrogen and oxygen atoms in total. The Morgan fingerprint density at radius 1 is 1.33 bits per heavy atom. The normalized spacial score (nSPS) is 17.8. The highest BCUT2D eigenvalue weighted by atomic mass is 32.2. The van der Waals surface area contributed by atoms with Crippen molar-refractivity contribution in [1.82, 2.24) is 14.4 Å². The zero-order valence-corrected chi connectivity index (χ0v) is 13.5. The lowest BCUT2D eigenvalue weighted by atomic mass is 9.88. The molecule has 0 atom stereocenters. The lowest BCUT2D eigenvalue weighted by Crippen LogP contribution is -2.35. The number of rotatable bonds is 5. The molecule has 0 aromatic carbocycles. The van der Waals surface area contributed by atoms with Gasteiger partial charge in [0.2, 0.25) is 0 Å². The van der Waals surface area contributed by atoms with E-state index in [0.717, 1.165) is 23.8 Å². The van der Waals surface area contributed by atoms with E-state index < -0.39 is 0 Å². The van der Waals surface area contributed by atoms with E-state index in [2.05, 4.69) is 26.9 Å². The van der Waals surface area contributed by atoms with Crippen molar-refractivity contribution in [3.8, 4) is 0 Å². The minimum atomic E-state index is 0.346. The number of fused-ring (bicyclic) bond motifs is 1. The van der Waals surface area contributed by atoms with Crippen LogP contribution in [0.2, 0.25) is 0 Å². The molecular weight excluding hydrogens is 282 g/mol. The van der Waals surface area contributed by atoms with Crippen LogP contribution in [0.5, 0.6) is 0 Å². The molecule has 1 saturated carbocycles. The van der Waals surface area contributed by atoms with Crippen molar-refractivity contribution in [2.45, 2.75) is 36.9 Å². The number of hydrogen-bond acceptors (Lipinski definition) is 5. The molecule has 21 heavy (non-hydrogen) atoms. The number of thioether (sulfide) groups is 1. The van der Waals surface area contributed by atoms with Crippen LogP contribution in [0.25, 0.3) is 5.65 Å². The third kappa shape index (κ3) is 2.95. The maximum absolute atomic E-state index is 4.63. The molecule has 2 N–H and O–H groups in total. The Morgan fingerprint density at radius 2 is 2.14 bits per heavy atom. The van der Waals surface area contributed by atoms with E-state index in [9.17, 15) is 0 Å². The second-order valence-corrected chi connectivity index (χ2v) is 6.96. The van der Waals surface area contributed by atoms with E-state index >= 15 is 0 Å². The second-order valence-electron chi connectivity index (χ2n) is 5.68. The van der Waals surface area contributed by atoms with E-state index in [-0.39, 0.29) is 0 Å². The Labute approximate surface area is 129 Å². The van der Waals surface area contributed by atoms with Crippen molar-refractivity contribution >= 4 is 29.0 Å². The van der Waals surface area contributed by atoms with Gasteiger partial charge in [0.25, 0.3) is 0 Å². The Bertz CT molecular complexity index is 603. The topological polar surface area (TPSA) is 54.2 Å². The summed E-state index contributed by atoms with van der Waals surface area (Å²) in [6.07, 6.45) is 14.6. The third-order valence-corrected chi connectivity index (χ3v) is 5.82. The van der Waals surface area contributed by atoms with Gasteiger partial charge in [-0.3, -0.25) is 0 Å². The summed E-state index contributed by atoms with van der Waals surface area (Å²) in [5.41, 5.74) is 0.890. The predicted octanol–water partition coefficient (Wildman–Crippen LogP) is 3.25. The monoisotopic (exact) mass is 305 g/mol. The van der Waals surface area contributed by atoms with Gasteiger partial charge in [-0.15, -0.1) is 0 Å². The van der Waals surface area contributed by atoms with Gasteiger partial charge in [0, 0.05) is 30.7 Å². The minimum absolute atomic E-state index is 0.346. The first-order valence-electron chi connectivity index (χ1n) is 7.57. The zero-order valence-electron chi connectivity index (χ0n) is 12.7. The van der Waals surface area contributed by atoms with Gasteiger partial charge in [-0.05, 0) is 19.1 Å². The summed E-state index contributed by atoms with van der Waals surface area (Å²) >= 11 is 2.00. The number of nitrogens with one attached hydrogen (secondary N) is 2. The maximum atomic E-state index is 4.63. The molecule has 3 rings (SSSR count). The summed E-state index contributed by atoms with van der Waals surface area (Å²) in [6, 6.07) is 0. The summed E-state index contributed by atoms with van der Waals surface area (Å²) in [5, 5.41) is 6.66. The molecule has 1 aliphatic carbocycles. The van der Waals surface area contributed by atoms with Crippen LogP contribution in [0, 0.1) is 0 Å². The van der Waals surface area contributed by atoms with Gasteiger partial charge in [0.1, 0.15) is 5.82 Å². The molecule has 114 valence electrons. The van der Waals surface area contributed by atoms with Gasteiger partial charge in [-0.25, -0.2) is 9.97 Å². The van der Waals surface area contributed by atoms with Crippen molar-refractivity contribution in [1.29, 1.82) is 0 Å². The van der Waals surface area contributed by atoms with Crippen LogP contribution in [0.3, 0.4) is 0 Å². The first-order chi connectivity index (χ1) is 10.3. The summed E-state index contributed by atoms with van der Waals surface area (Å²) in [4.78, 5) is 9.04. The zero-order chi connectivity index (χ0) is 14.7. The predicted molar refractivity (Wildman–Crippen MR) is 90.4 cm³/mol. The number of nitrogens with zero attached hydrogens (tertiary/aromatic N) is 3. The minimum Gasteiger partial charge on any atom is -0.372 e. The van der Waals surface area contributed by atoms with Crippen LogP contribution in [-0.4, -0.2) is 39.0 Å². The summed E-state index contributed by atoms with van der Waals surface area (Å²) in [7, 11) is 1.89. The Kier molecular flexibility index (Phi) is 4.24. The van der Waals surface area contributed by atoms with Crippen molar-refractivity contribution in [3.05, 3.63) is 18.6 Å². The molecular formula is C15H23N5S. The average molecular weight is 305 g/mol. The van der Waals surface area contributed by atoms with Crippen molar-refractivity contribution < 1.29 is 0 Å². The highest BCUT2D eigenvalue weighted by molar-refractivity contribution is 8.00. The van der Waals surface area contributed by atoms with Gasteiger partial charge in [-0.1, -0.05) is 19.3 Å². The SMILES string of the molecule is CNc1cn2ccnc2c(NCC2(SC)CCCCC2)n1. The Balaban J connectivity index is 1.82. The molecule has 2 heterocycles. The highest BCUT2D eigenvalue weighted by Crippen LogP contribution is 2.38. The van der Waals surface area contributed by atoms with E-state index in [1.54, 1.807) is 0 Å². The smallest absolute Gasteiger partial charge is 0.180 e. The summed E-state index contributed by atoms with van der Waals surface area (Å²) < 4.78 is 2.35. The summed E-state index contributed by atoms with van der Waals surface area (Å²) in [6.45, 7) is 0.955. The molecule has 0 amide bonds. The first kappa shape index (κ1) is 14.5. The fourth-order valence-corrected chi connectivity index (χ4v) is 3.98. The highest BCUT2D eigenvalue weighted by Gasteiger charge is 2.31. The molecule has 0 aliphatic heterocycles. The molecule has 0 bridgehead atoms. The number of hydrogen-bond donors (Lipinski definition) is 2. The number of aromatic nitrogens is 3. The van der Waals surface area contributed by atoms with Crippen molar-refractivity contribution in [2.24, 2.45) is 0 Å². The van der Waals surface area contributed by atoms with E-state index in [4.69, 9.17) is 0 Å². The van der Waals surface area contributed by atoms with Gasteiger partial charge in [0.15, 0.2) is 11.5 Å². The lowest BCUT2D eigenvalue weighted by Gasteiger charge is -2.36. The van der Waals surface area contributed by atoms with Gasteiger partial charge in [-0.2, -0.15) is 11.8 Å². The van der Waals surface area contributed by atoms with Crippen LogP contribution in [0.4, 0.5) is 11.6 Å². The second kappa shape index (κ2) is 6.13. The third-order valence-electron chi connectivity index (χ3n) is 4.41. The van der Waals surface area contributed by atoms with E-state index in [1.807, 2.05) is 41.8 Å². The van der Waals surface area contributed by atoms with Crippen LogP contribution >= 0.6 is 11.8 Å². The number of anilines is 2. The average Bonchev–Trinajstić information content (AvgIpc) is 3.02. The van der Waals surface area contributed by atoms with Gasteiger partial charge < -0.3 is 15.0 Å². The molecule has 1 aliphatic rings. The van der Waals surface area contributed by atoms with E-state index in [1.165, 1.54) is 32.1 Å². The molecule has 2 aromatic rings. The molecule has 1 fully saturated rings. The van der Waals surface area contributed by atoms with Gasteiger partial charge in [0.05, 0.1) is 6.20 Å². The van der Waals surface area contributed by atoms with Crippen LogP contribution in [0.15, 0.2) is 18.6 Å². The molecule has 2 aromatic heterocycles. The van der Waals surface area contributed by atoms with Crippen LogP contribution < -0.4 is 10.6 Å². The number of imidazole rings is 1. The van der Waals surface area contributed by atoms with Crippen LogP contribution in [-0.2, 0) is 0 Å². The first-order valence-corrected chi connectivity index (χ1v) is 8.79. The molecule has 6 heteroatoms. The standard InChI is InChI=1S/C15H23N5S/c1-16-12-10-20-9-8-17-14(20)13(19-12)18-11-15(21-2)6-4-3-5-7-15/h8-10,16H,3-7,11H2,1-2H3,(H,18,19). The van der Waals surface area contributed by atoms with Crippen molar-refractivity contribution in [3.63, 3.8) is 0 Å².